The maximum atomic E-state index is 5.91. The molecule has 2 N–H and O–H groups in total. The van der Waals surface area contributed by atoms with Gasteiger partial charge in [0.05, 0.1) is 0 Å². The summed E-state index contributed by atoms with van der Waals surface area (Å²) in [5, 5.41) is 0. The molecule has 0 aliphatic heterocycles. The Hall–Kier alpha value is -1.90. The van der Waals surface area contributed by atoms with Crippen LogP contribution in [0.5, 0.6) is 0 Å². The molecule has 0 radical (unpaired) electrons. The van der Waals surface area contributed by atoms with Gasteiger partial charge in [-0.05, 0) is 38.3 Å². The van der Waals surface area contributed by atoms with E-state index in [1.807, 2.05) is 6.07 Å². The fraction of sp³-hybridized carbons (Fsp3) is 0.375. The first-order valence-electron chi connectivity index (χ1n) is 6.73. The van der Waals surface area contributed by atoms with Crippen LogP contribution >= 0.6 is 0 Å². The largest absolute Gasteiger partial charge is 0.384 e. The van der Waals surface area contributed by atoms with Crippen LogP contribution in [-0.2, 0) is 6.42 Å². The molecule has 3 nitrogen and oxygen atoms in total. The van der Waals surface area contributed by atoms with E-state index < -0.39 is 0 Å². The van der Waals surface area contributed by atoms with E-state index in [2.05, 4.69) is 49.8 Å². The Kier molecular flexibility index (Phi) is 3.84. The molecule has 1 aromatic heterocycles. The first-order valence-corrected chi connectivity index (χ1v) is 6.73. The normalized spacial score (nSPS) is 10.7. The Bertz CT molecular complexity index is 580. The van der Waals surface area contributed by atoms with Crippen molar-refractivity contribution in [3.05, 3.63) is 40.6 Å². The van der Waals surface area contributed by atoms with Gasteiger partial charge >= 0.3 is 0 Å². The molecule has 0 fully saturated rings. The maximum Gasteiger partial charge on any atom is 0.162 e. The van der Waals surface area contributed by atoms with E-state index in [1.54, 1.807) is 0 Å². The van der Waals surface area contributed by atoms with Gasteiger partial charge < -0.3 is 5.73 Å². The van der Waals surface area contributed by atoms with Crippen molar-refractivity contribution in [2.24, 2.45) is 0 Å². The van der Waals surface area contributed by atoms with Gasteiger partial charge in [0.25, 0.3) is 0 Å². The van der Waals surface area contributed by atoms with Crippen LogP contribution in [0.25, 0.3) is 11.4 Å². The minimum atomic E-state index is 0.549. The summed E-state index contributed by atoms with van der Waals surface area (Å²) in [6, 6.07) is 6.19. The van der Waals surface area contributed by atoms with E-state index in [0.29, 0.717) is 5.82 Å². The van der Waals surface area contributed by atoms with Crippen LogP contribution < -0.4 is 5.73 Å². The van der Waals surface area contributed by atoms with Crippen molar-refractivity contribution in [1.29, 1.82) is 0 Å². The van der Waals surface area contributed by atoms with E-state index in [4.69, 9.17) is 5.73 Å². The number of nitrogens with zero attached hydrogens (tertiary/aromatic N) is 2. The highest BCUT2D eigenvalue weighted by Crippen LogP contribution is 2.26. The van der Waals surface area contributed by atoms with Crippen LogP contribution in [0.1, 0.15) is 35.7 Å². The maximum absolute atomic E-state index is 5.91. The second kappa shape index (κ2) is 5.39. The molecule has 2 aromatic rings. The van der Waals surface area contributed by atoms with Gasteiger partial charge in [-0.1, -0.05) is 31.0 Å². The summed E-state index contributed by atoms with van der Waals surface area (Å²) in [6.45, 7) is 8.44. The van der Waals surface area contributed by atoms with E-state index in [-0.39, 0.29) is 0 Å². The standard InChI is InChI=1S/C16H21N3/c1-5-6-13-9-14(17)19-16(18-13)15-11(3)7-10(2)8-12(15)4/h7-9H,5-6H2,1-4H3,(H2,17,18,19). The van der Waals surface area contributed by atoms with Crippen molar-refractivity contribution in [2.45, 2.75) is 40.5 Å². The molecule has 0 unspecified atom stereocenters. The summed E-state index contributed by atoms with van der Waals surface area (Å²) >= 11 is 0. The minimum absolute atomic E-state index is 0.549. The summed E-state index contributed by atoms with van der Waals surface area (Å²) in [7, 11) is 0. The quantitative estimate of drug-likeness (QED) is 0.911. The Morgan fingerprint density at radius 1 is 1.00 bits per heavy atom. The van der Waals surface area contributed by atoms with Crippen molar-refractivity contribution < 1.29 is 0 Å². The van der Waals surface area contributed by atoms with E-state index in [0.717, 1.165) is 29.9 Å². The monoisotopic (exact) mass is 255 g/mol. The summed E-state index contributed by atoms with van der Waals surface area (Å²) in [5.74, 6) is 1.30. The SMILES string of the molecule is CCCc1cc(N)nc(-c2c(C)cc(C)cc2C)n1. The third kappa shape index (κ3) is 2.92. The lowest BCUT2D eigenvalue weighted by molar-refractivity contribution is 0.876. The second-order valence-corrected chi connectivity index (χ2v) is 5.13. The minimum Gasteiger partial charge on any atom is -0.384 e. The van der Waals surface area contributed by atoms with Crippen LogP contribution in [0, 0.1) is 20.8 Å². The number of anilines is 1. The first kappa shape index (κ1) is 13.5. The Balaban J connectivity index is 2.58. The molecule has 1 heterocycles. The van der Waals surface area contributed by atoms with Crippen LogP contribution in [0.4, 0.5) is 5.82 Å². The molecule has 0 saturated carbocycles. The fourth-order valence-electron chi connectivity index (χ4n) is 2.55. The zero-order chi connectivity index (χ0) is 14.0. The number of nitrogen functional groups attached to an aromatic ring is 1. The Morgan fingerprint density at radius 3 is 2.21 bits per heavy atom. The zero-order valence-electron chi connectivity index (χ0n) is 12.1. The first-order chi connectivity index (χ1) is 9.01. The predicted molar refractivity (Wildman–Crippen MR) is 80.1 cm³/mol. The third-order valence-electron chi connectivity index (χ3n) is 3.21. The fourth-order valence-corrected chi connectivity index (χ4v) is 2.55. The highest BCUT2D eigenvalue weighted by molar-refractivity contribution is 5.66. The van der Waals surface area contributed by atoms with E-state index >= 15 is 0 Å². The van der Waals surface area contributed by atoms with Crippen molar-refractivity contribution in [1.82, 2.24) is 9.97 Å². The molecule has 19 heavy (non-hydrogen) atoms. The third-order valence-corrected chi connectivity index (χ3v) is 3.21. The predicted octanol–water partition coefficient (Wildman–Crippen LogP) is 3.60. The van der Waals surface area contributed by atoms with Gasteiger partial charge in [-0.25, -0.2) is 9.97 Å². The molecule has 1 aromatic carbocycles. The molecule has 3 heteroatoms. The highest BCUT2D eigenvalue weighted by Gasteiger charge is 2.11. The summed E-state index contributed by atoms with van der Waals surface area (Å²) in [5.41, 5.74) is 11.7. The number of rotatable bonds is 3. The average Bonchev–Trinajstić information content (AvgIpc) is 2.26. The number of hydrogen-bond donors (Lipinski definition) is 1. The number of aryl methyl sites for hydroxylation is 4. The van der Waals surface area contributed by atoms with Crippen molar-refractivity contribution in [3.8, 4) is 11.4 Å². The van der Waals surface area contributed by atoms with Gasteiger partial charge in [0.1, 0.15) is 5.82 Å². The number of nitrogens with two attached hydrogens (primary N) is 1. The number of hydrogen-bond acceptors (Lipinski definition) is 3. The topological polar surface area (TPSA) is 51.8 Å². The van der Waals surface area contributed by atoms with Crippen LogP contribution in [0.3, 0.4) is 0 Å². The molecule has 0 spiro atoms. The molecule has 0 atom stereocenters. The second-order valence-electron chi connectivity index (χ2n) is 5.13. The lowest BCUT2D eigenvalue weighted by Crippen LogP contribution is -2.02. The van der Waals surface area contributed by atoms with Gasteiger partial charge in [-0.15, -0.1) is 0 Å². The van der Waals surface area contributed by atoms with Crippen molar-refractivity contribution >= 4 is 5.82 Å². The summed E-state index contributed by atoms with van der Waals surface area (Å²) < 4.78 is 0. The highest BCUT2D eigenvalue weighted by atomic mass is 14.9. The van der Waals surface area contributed by atoms with Gasteiger partial charge in [0.2, 0.25) is 0 Å². The number of benzene rings is 1. The molecule has 0 aliphatic carbocycles. The average molecular weight is 255 g/mol. The molecule has 0 bridgehead atoms. The van der Waals surface area contributed by atoms with Gasteiger partial charge in [-0.3, -0.25) is 0 Å². The van der Waals surface area contributed by atoms with Crippen molar-refractivity contribution in [2.75, 3.05) is 5.73 Å². The van der Waals surface area contributed by atoms with Crippen LogP contribution in [0.2, 0.25) is 0 Å². The van der Waals surface area contributed by atoms with Crippen LogP contribution in [0.15, 0.2) is 18.2 Å². The summed E-state index contributed by atoms with van der Waals surface area (Å²) in [6.07, 6.45) is 1.99. The molecule has 100 valence electrons. The molecular formula is C16H21N3. The Morgan fingerprint density at radius 2 is 1.63 bits per heavy atom. The zero-order valence-corrected chi connectivity index (χ0v) is 12.1. The molecule has 2 rings (SSSR count). The molecule has 0 aliphatic rings. The molecule has 0 amide bonds. The van der Waals surface area contributed by atoms with Gasteiger partial charge in [0, 0.05) is 17.3 Å². The van der Waals surface area contributed by atoms with Gasteiger partial charge in [-0.2, -0.15) is 0 Å². The lowest BCUT2D eigenvalue weighted by Gasteiger charge is -2.11. The van der Waals surface area contributed by atoms with Crippen LogP contribution in [-0.4, -0.2) is 9.97 Å². The molecular weight excluding hydrogens is 234 g/mol. The number of aromatic nitrogens is 2. The van der Waals surface area contributed by atoms with Crippen molar-refractivity contribution in [3.63, 3.8) is 0 Å². The lowest BCUT2D eigenvalue weighted by atomic mass is 9.99. The smallest absolute Gasteiger partial charge is 0.162 e. The van der Waals surface area contributed by atoms with Gasteiger partial charge in [0.15, 0.2) is 5.82 Å². The Labute approximate surface area is 114 Å². The van der Waals surface area contributed by atoms with E-state index in [1.165, 1.54) is 16.7 Å². The molecule has 0 saturated heterocycles. The summed E-state index contributed by atoms with van der Waals surface area (Å²) in [4.78, 5) is 9.06. The van der Waals surface area contributed by atoms with E-state index in [9.17, 15) is 0 Å².